The van der Waals surface area contributed by atoms with Gasteiger partial charge >= 0.3 is 0 Å². The van der Waals surface area contributed by atoms with E-state index in [0.29, 0.717) is 25.9 Å². The molecule has 0 radical (unpaired) electrons. The molecular weight excluding hydrogens is 352 g/mol. The van der Waals surface area contributed by atoms with Crippen molar-refractivity contribution >= 4 is 11.8 Å². The summed E-state index contributed by atoms with van der Waals surface area (Å²) in [7, 11) is 0. The molecule has 0 aromatic heterocycles. The van der Waals surface area contributed by atoms with Crippen LogP contribution >= 0.6 is 0 Å². The van der Waals surface area contributed by atoms with E-state index in [-0.39, 0.29) is 11.8 Å². The fourth-order valence-electron chi connectivity index (χ4n) is 3.41. The second-order valence-electron chi connectivity index (χ2n) is 7.11. The smallest absolute Gasteiger partial charge is 0.245 e. The lowest BCUT2D eigenvalue weighted by Crippen LogP contribution is -2.49. The maximum absolute atomic E-state index is 12.9. The number of nitrogens with zero attached hydrogens (tertiary/aromatic N) is 1. The van der Waals surface area contributed by atoms with Gasteiger partial charge in [-0.2, -0.15) is 0 Å². The van der Waals surface area contributed by atoms with Crippen molar-refractivity contribution in [3.8, 4) is 5.75 Å². The number of ether oxygens (including phenoxy) is 1. The summed E-state index contributed by atoms with van der Waals surface area (Å²) in [5.41, 5.74) is 1.05. The van der Waals surface area contributed by atoms with Crippen LogP contribution in [-0.4, -0.2) is 42.5 Å². The highest BCUT2D eigenvalue weighted by molar-refractivity contribution is 5.88. The summed E-state index contributed by atoms with van der Waals surface area (Å²) in [6, 6.07) is 18.9. The molecule has 5 heteroatoms. The van der Waals surface area contributed by atoms with Gasteiger partial charge in [0.05, 0.1) is 6.61 Å². The first-order chi connectivity index (χ1) is 13.7. The number of para-hydroxylation sites is 1. The third-order valence-electron chi connectivity index (χ3n) is 4.89. The molecule has 1 aliphatic rings. The van der Waals surface area contributed by atoms with Crippen molar-refractivity contribution < 1.29 is 14.3 Å². The molecule has 2 amide bonds. The van der Waals surface area contributed by atoms with Crippen molar-refractivity contribution in [1.29, 1.82) is 0 Å². The number of amides is 2. The maximum atomic E-state index is 12.9. The fraction of sp³-hybridized carbons (Fsp3) is 0.391. The Morgan fingerprint density at radius 2 is 1.61 bits per heavy atom. The van der Waals surface area contributed by atoms with E-state index >= 15 is 0 Å². The Hall–Kier alpha value is -2.82. The Morgan fingerprint density at radius 3 is 2.29 bits per heavy atom. The summed E-state index contributed by atoms with van der Waals surface area (Å²) in [4.78, 5) is 27.2. The maximum Gasteiger partial charge on any atom is 0.245 e. The standard InChI is InChI=1S/C23H28N2O3/c26-22(14-9-17-28-20-12-5-2-6-13-20)24-21(18-19-10-3-1-4-11-19)23(27)25-15-7-8-16-25/h1-6,10-13,21H,7-9,14-18H2,(H,24,26)/t21-/m0/s1. The van der Waals surface area contributed by atoms with Gasteiger partial charge in [-0.1, -0.05) is 48.5 Å². The van der Waals surface area contributed by atoms with Gasteiger partial charge in [0.2, 0.25) is 11.8 Å². The predicted octanol–water partition coefficient (Wildman–Crippen LogP) is 3.20. The van der Waals surface area contributed by atoms with Gasteiger partial charge in [0, 0.05) is 25.9 Å². The lowest BCUT2D eigenvalue weighted by Gasteiger charge is -2.24. The van der Waals surface area contributed by atoms with Gasteiger partial charge in [0.1, 0.15) is 11.8 Å². The lowest BCUT2D eigenvalue weighted by atomic mass is 10.0. The van der Waals surface area contributed by atoms with Crippen LogP contribution in [0.5, 0.6) is 5.75 Å². The fourth-order valence-corrected chi connectivity index (χ4v) is 3.41. The molecule has 0 aliphatic carbocycles. The second-order valence-corrected chi connectivity index (χ2v) is 7.11. The number of carbonyl (C=O) groups is 2. The summed E-state index contributed by atoms with van der Waals surface area (Å²) in [5.74, 6) is 0.717. The SMILES string of the molecule is O=C(CCCOc1ccccc1)N[C@@H](Cc1ccccc1)C(=O)N1CCCC1. The molecule has 0 bridgehead atoms. The van der Waals surface area contributed by atoms with Crippen molar-refractivity contribution in [1.82, 2.24) is 10.2 Å². The van der Waals surface area contributed by atoms with Gasteiger partial charge in [-0.3, -0.25) is 9.59 Å². The van der Waals surface area contributed by atoms with E-state index in [9.17, 15) is 9.59 Å². The summed E-state index contributed by atoms with van der Waals surface area (Å²) in [6.07, 6.45) is 3.54. The Balaban J connectivity index is 1.50. The summed E-state index contributed by atoms with van der Waals surface area (Å²) in [6.45, 7) is 2.04. The number of likely N-dealkylation sites (tertiary alicyclic amines) is 1. The molecule has 1 saturated heterocycles. The van der Waals surface area contributed by atoms with Crippen LogP contribution in [0.4, 0.5) is 0 Å². The molecule has 0 saturated carbocycles. The van der Waals surface area contributed by atoms with Crippen molar-refractivity contribution in [2.45, 2.75) is 38.1 Å². The largest absolute Gasteiger partial charge is 0.494 e. The molecule has 3 rings (SSSR count). The van der Waals surface area contributed by atoms with E-state index in [1.165, 1.54) is 0 Å². The van der Waals surface area contributed by atoms with Gasteiger partial charge in [-0.05, 0) is 37.0 Å². The van der Waals surface area contributed by atoms with E-state index in [1.807, 2.05) is 65.6 Å². The number of hydrogen-bond donors (Lipinski definition) is 1. The van der Waals surface area contributed by atoms with Crippen LogP contribution in [0.2, 0.25) is 0 Å². The molecule has 0 spiro atoms. The number of hydrogen-bond acceptors (Lipinski definition) is 3. The molecule has 1 N–H and O–H groups in total. The van der Waals surface area contributed by atoms with Crippen molar-refractivity contribution in [3.63, 3.8) is 0 Å². The van der Waals surface area contributed by atoms with Crippen LogP contribution in [0, 0.1) is 0 Å². The first-order valence-corrected chi connectivity index (χ1v) is 10.0. The van der Waals surface area contributed by atoms with Crippen molar-refractivity contribution in [2.24, 2.45) is 0 Å². The second kappa shape index (κ2) is 10.5. The van der Waals surface area contributed by atoms with E-state index in [1.54, 1.807) is 0 Å². The molecule has 2 aromatic carbocycles. The quantitative estimate of drug-likeness (QED) is 0.680. The number of carbonyl (C=O) groups excluding carboxylic acids is 2. The highest BCUT2D eigenvalue weighted by Gasteiger charge is 2.27. The molecule has 1 aliphatic heterocycles. The third-order valence-corrected chi connectivity index (χ3v) is 4.89. The van der Waals surface area contributed by atoms with Crippen molar-refractivity contribution in [3.05, 3.63) is 66.2 Å². The van der Waals surface area contributed by atoms with Gasteiger partial charge in [0.15, 0.2) is 0 Å². The van der Waals surface area contributed by atoms with Crippen LogP contribution in [0.15, 0.2) is 60.7 Å². The normalized spacial score (nSPS) is 14.5. The van der Waals surface area contributed by atoms with Crippen LogP contribution in [-0.2, 0) is 16.0 Å². The molecule has 1 heterocycles. The number of benzene rings is 2. The number of nitrogens with one attached hydrogen (secondary N) is 1. The molecule has 148 valence electrons. The summed E-state index contributed by atoms with van der Waals surface area (Å²) in [5, 5.41) is 2.96. The molecule has 0 unspecified atom stereocenters. The Labute approximate surface area is 166 Å². The van der Waals surface area contributed by atoms with Crippen molar-refractivity contribution in [2.75, 3.05) is 19.7 Å². The van der Waals surface area contributed by atoms with Crippen LogP contribution in [0.3, 0.4) is 0 Å². The first-order valence-electron chi connectivity index (χ1n) is 10.0. The van der Waals surface area contributed by atoms with E-state index in [0.717, 1.165) is 37.2 Å². The van der Waals surface area contributed by atoms with Crippen LogP contribution in [0.25, 0.3) is 0 Å². The Bertz CT molecular complexity index is 743. The Morgan fingerprint density at radius 1 is 0.964 bits per heavy atom. The average Bonchev–Trinajstić information content (AvgIpc) is 3.27. The molecule has 2 aromatic rings. The van der Waals surface area contributed by atoms with E-state index < -0.39 is 6.04 Å². The highest BCUT2D eigenvalue weighted by atomic mass is 16.5. The minimum Gasteiger partial charge on any atom is -0.494 e. The molecule has 28 heavy (non-hydrogen) atoms. The predicted molar refractivity (Wildman–Crippen MR) is 109 cm³/mol. The number of rotatable bonds is 9. The summed E-state index contributed by atoms with van der Waals surface area (Å²) >= 11 is 0. The highest BCUT2D eigenvalue weighted by Crippen LogP contribution is 2.13. The summed E-state index contributed by atoms with van der Waals surface area (Å²) < 4.78 is 5.63. The molecule has 1 fully saturated rings. The zero-order valence-electron chi connectivity index (χ0n) is 16.2. The van der Waals surface area contributed by atoms with Crippen LogP contribution < -0.4 is 10.1 Å². The first kappa shape index (κ1) is 19.9. The monoisotopic (exact) mass is 380 g/mol. The van der Waals surface area contributed by atoms with Gasteiger partial charge in [-0.25, -0.2) is 0 Å². The van der Waals surface area contributed by atoms with E-state index in [2.05, 4.69) is 5.32 Å². The molecule has 1 atom stereocenters. The zero-order valence-corrected chi connectivity index (χ0v) is 16.2. The molecular formula is C23H28N2O3. The van der Waals surface area contributed by atoms with E-state index in [4.69, 9.17) is 4.74 Å². The lowest BCUT2D eigenvalue weighted by molar-refractivity contribution is -0.135. The Kier molecular flexibility index (Phi) is 7.47. The minimum atomic E-state index is -0.511. The topological polar surface area (TPSA) is 58.6 Å². The molecule has 5 nitrogen and oxygen atoms in total. The van der Waals surface area contributed by atoms with Gasteiger partial charge in [0.25, 0.3) is 0 Å². The van der Waals surface area contributed by atoms with Crippen LogP contribution in [0.1, 0.15) is 31.2 Å². The van der Waals surface area contributed by atoms with Gasteiger partial charge in [-0.15, -0.1) is 0 Å². The third kappa shape index (κ3) is 6.12. The van der Waals surface area contributed by atoms with Gasteiger partial charge < -0.3 is 15.0 Å². The zero-order chi connectivity index (χ0) is 19.6. The minimum absolute atomic E-state index is 0.0234. The average molecular weight is 380 g/mol.